The summed E-state index contributed by atoms with van der Waals surface area (Å²) in [6, 6.07) is 8.58. The molecule has 1 aliphatic rings. The highest BCUT2D eigenvalue weighted by Gasteiger charge is 2.21. The lowest BCUT2D eigenvalue weighted by Crippen LogP contribution is -2.13. The first-order valence-corrected chi connectivity index (χ1v) is 8.03. The molecule has 0 bridgehead atoms. The molecule has 1 fully saturated rings. The molecule has 0 heterocycles. The predicted molar refractivity (Wildman–Crippen MR) is 81.2 cm³/mol. The van der Waals surface area contributed by atoms with Gasteiger partial charge < -0.3 is 5.11 Å². The van der Waals surface area contributed by atoms with Crippen molar-refractivity contribution in [3.05, 3.63) is 35.4 Å². The van der Waals surface area contributed by atoms with Crippen molar-refractivity contribution in [1.82, 2.24) is 0 Å². The molecular formula is C18H28O. The minimum atomic E-state index is 0.157. The summed E-state index contributed by atoms with van der Waals surface area (Å²) in [5.74, 6) is 1.75. The Kier molecular flexibility index (Phi) is 5.91. The fourth-order valence-electron chi connectivity index (χ4n) is 3.36. The van der Waals surface area contributed by atoms with Crippen molar-refractivity contribution in [2.75, 3.05) is 0 Å². The first-order chi connectivity index (χ1) is 9.33. The van der Waals surface area contributed by atoms with Crippen LogP contribution in [0, 0.1) is 5.92 Å². The van der Waals surface area contributed by atoms with Crippen molar-refractivity contribution in [2.24, 2.45) is 5.92 Å². The van der Waals surface area contributed by atoms with Crippen molar-refractivity contribution in [2.45, 2.75) is 70.8 Å². The van der Waals surface area contributed by atoms with Crippen LogP contribution in [0.3, 0.4) is 0 Å². The normalized spacial score (nSPS) is 23.5. The molecule has 1 aliphatic carbocycles. The number of unbranched alkanes of at least 4 members (excludes halogenated alkanes) is 2. The van der Waals surface area contributed by atoms with Gasteiger partial charge in [0.05, 0.1) is 6.61 Å². The second-order valence-corrected chi connectivity index (χ2v) is 6.11. The van der Waals surface area contributed by atoms with Gasteiger partial charge in [0.15, 0.2) is 0 Å². The molecule has 1 aromatic rings. The Hall–Kier alpha value is -0.820. The highest BCUT2D eigenvalue weighted by Crippen LogP contribution is 2.37. The summed E-state index contributed by atoms with van der Waals surface area (Å²) in [6.07, 6.45) is 11.2. The van der Waals surface area contributed by atoms with Crippen molar-refractivity contribution in [3.8, 4) is 0 Å². The molecule has 106 valence electrons. The average Bonchev–Trinajstić information content (AvgIpc) is 2.48. The zero-order chi connectivity index (χ0) is 13.5. The quantitative estimate of drug-likeness (QED) is 0.711. The molecule has 1 heteroatoms. The largest absolute Gasteiger partial charge is 0.392 e. The molecule has 0 radical (unpaired) electrons. The van der Waals surface area contributed by atoms with E-state index in [2.05, 4.69) is 31.2 Å². The summed E-state index contributed by atoms with van der Waals surface area (Å²) in [5, 5.41) is 9.08. The van der Waals surface area contributed by atoms with E-state index in [-0.39, 0.29) is 6.61 Å². The van der Waals surface area contributed by atoms with E-state index < -0.39 is 0 Å². The van der Waals surface area contributed by atoms with Crippen LogP contribution in [0.4, 0.5) is 0 Å². The lowest BCUT2D eigenvalue weighted by molar-refractivity contribution is 0.281. The third kappa shape index (κ3) is 4.35. The van der Waals surface area contributed by atoms with Gasteiger partial charge in [0.1, 0.15) is 0 Å². The van der Waals surface area contributed by atoms with E-state index >= 15 is 0 Å². The van der Waals surface area contributed by atoms with Crippen LogP contribution in [0.15, 0.2) is 24.3 Å². The summed E-state index contributed by atoms with van der Waals surface area (Å²) in [4.78, 5) is 0. The molecule has 0 amide bonds. The molecule has 2 rings (SSSR count). The number of hydrogen-bond donors (Lipinski definition) is 1. The molecule has 0 aromatic heterocycles. The number of aliphatic hydroxyl groups is 1. The van der Waals surface area contributed by atoms with Crippen LogP contribution in [0.25, 0.3) is 0 Å². The van der Waals surface area contributed by atoms with Crippen LogP contribution < -0.4 is 0 Å². The maximum atomic E-state index is 9.08. The van der Waals surface area contributed by atoms with Crippen molar-refractivity contribution in [3.63, 3.8) is 0 Å². The Morgan fingerprint density at radius 3 is 2.26 bits per heavy atom. The Labute approximate surface area is 118 Å². The molecule has 19 heavy (non-hydrogen) atoms. The third-order valence-electron chi connectivity index (χ3n) is 4.70. The highest BCUT2D eigenvalue weighted by molar-refractivity contribution is 5.25. The van der Waals surface area contributed by atoms with Gasteiger partial charge in [-0.05, 0) is 48.6 Å². The van der Waals surface area contributed by atoms with Crippen LogP contribution in [0.5, 0.6) is 0 Å². The number of rotatable bonds is 6. The molecule has 1 N–H and O–H groups in total. The van der Waals surface area contributed by atoms with Gasteiger partial charge in [-0.25, -0.2) is 0 Å². The van der Waals surface area contributed by atoms with E-state index in [0.717, 1.165) is 17.4 Å². The third-order valence-corrected chi connectivity index (χ3v) is 4.70. The van der Waals surface area contributed by atoms with Crippen LogP contribution in [-0.4, -0.2) is 5.11 Å². The van der Waals surface area contributed by atoms with Gasteiger partial charge in [0, 0.05) is 0 Å². The van der Waals surface area contributed by atoms with E-state index in [1.807, 2.05) is 0 Å². The minimum absolute atomic E-state index is 0.157. The Bertz CT molecular complexity index is 346. The Morgan fingerprint density at radius 1 is 1.00 bits per heavy atom. The van der Waals surface area contributed by atoms with E-state index in [1.165, 1.54) is 56.9 Å². The molecular weight excluding hydrogens is 232 g/mol. The second-order valence-electron chi connectivity index (χ2n) is 6.11. The zero-order valence-electron chi connectivity index (χ0n) is 12.3. The van der Waals surface area contributed by atoms with E-state index in [4.69, 9.17) is 5.11 Å². The zero-order valence-corrected chi connectivity index (χ0v) is 12.3. The molecule has 0 aliphatic heterocycles. The summed E-state index contributed by atoms with van der Waals surface area (Å²) >= 11 is 0. The lowest BCUT2D eigenvalue weighted by atomic mass is 9.77. The fraction of sp³-hybridized carbons (Fsp3) is 0.667. The standard InChI is InChI=1S/C18H28O/c1-2-3-4-5-15-6-10-17(11-7-15)18-12-8-16(14-19)9-13-18/h8-9,12-13,15,17,19H,2-7,10-11,14H2,1H3/t15-,17-. The maximum Gasteiger partial charge on any atom is 0.0681 e. The SMILES string of the molecule is CCCCC[C@H]1CC[C@H](c2ccc(CO)cc2)CC1. The minimum Gasteiger partial charge on any atom is -0.392 e. The first kappa shape index (κ1) is 14.6. The summed E-state index contributed by atoms with van der Waals surface area (Å²) in [7, 11) is 0. The van der Waals surface area contributed by atoms with E-state index in [9.17, 15) is 0 Å². The maximum absolute atomic E-state index is 9.08. The lowest BCUT2D eigenvalue weighted by Gasteiger charge is -2.29. The monoisotopic (exact) mass is 260 g/mol. The van der Waals surface area contributed by atoms with Crippen molar-refractivity contribution in [1.29, 1.82) is 0 Å². The molecule has 0 unspecified atom stereocenters. The second kappa shape index (κ2) is 7.69. The fourth-order valence-corrected chi connectivity index (χ4v) is 3.36. The van der Waals surface area contributed by atoms with Gasteiger partial charge in [0.25, 0.3) is 0 Å². The van der Waals surface area contributed by atoms with E-state index in [1.54, 1.807) is 0 Å². The molecule has 1 aromatic carbocycles. The number of hydrogen-bond acceptors (Lipinski definition) is 1. The van der Waals surface area contributed by atoms with Gasteiger partial charge in [0.2, 0.25) is 0 Å². The summed E-state index contributed by atoms with van der Waals surface area (Å²) < 4.78 is 0. The summed E-state index contributed by atoms with van der Waals surface area (Å²) in [5.41, 5.74) is 2.50. The van der Waals surface area contributed by atoms with Gasteiger partial charge in [-0.1, -0.05) is 56.9 Å². The first-order valence-electron chi connectivity index (χ1n) is 8.03. The number of aliphatic hydroxyl groups excluding tert-OH is 1. The van der Waals surface area contributed by atoms with Crippen LogP contribution in [0.1, 0.15) is 75.3 Å². The Balaban J connectivity index is 1.78. The van der Waals surface area contributed by atoms with Gasteiger partial charge in [-0.3, -0.25) is 0 Å². The van der Waals surface area contributed by atoms with Crippen LogP contribution in [0.2, 0.25) is 0 Å². The predicted octanol–water partition coefficient (Wildman–Crippen LogP) is 5.03. The van der Waals surface area contributed by atoms with Gasteiger partial charge >= 0.3 is 0 Å². The summed E-state index contributed by atoms with van der Waals surface area (Å²) in [6.45, 7) is 2.44. The molecule has 1 nitrogen and oxygen atoms in total. The van der Waals surface area contributed by atoms with Gasteiger partial charge in [-0.15, -0.1) is 0 Å². The number of benzene rings is 1. The molecule has 0 spiro atoms. The van der Waals surface area contributed by atoms with Gasteiger partial charge in [-0.2, -0.15) is 0 Å². The highest BCUT2D eigenvalue weighted by atomic mass is 16.3. The molecule has 0 saturated heterocycles. The topological polar surface area (TPSA) is 20.2 Å². The van der Waals surface area contributed by atoms with Crippen molar-refractivity contribution >= 4 is 0 Å². The molecule has 0 atom stereocenters. The molecule has 1 saturated carbocycles. The van der Waals surface area contributed by atoms with Crippen molar-refractivity contribution < 1.29 is 5.11 Å². The van der Waals surface area contributed by atoms with Crippen LogP contribution >= 0.6 is 0 Å². The smallest absolute Gasteiger partial charge is 0.0681 e. The van der Waals surface area contributed by atoms with E-state index in [0.29, 0.717) is 0 Å². The average molecular weight is 260 g/mol. The van der Waals surface area contributed by atoms with Crippen LogP contribution in [-0.2, 0) is 6.61 Å². The Morgan fingerprint density at radius 2 is 1.68 bits per heavy atom.